The van der Waals surface area contributed by atoms with Gasteiger partial charge in [0, 0.05) is 37.3 Å². The van der Waals surface area contributed by atoms with E-state index in [9.17, 15) is 4.79 Å². The van der Waals surface area contributed by atoms with E-state index in [1.165, 1.54) is 24.1 Å². The molecule has 0 unspecified atom stereocenters. The van der Waals surface area contributed by atoms with Gasteiger partial charge in [0.1, 0.15) is 17.2 Å². The van der Waals surface area contributed by atoms with Crippen molar-refractivity contribution in [1.29, 1.82) is 0 Å². The van der Waals surface area contributed by atoms with Crippen molar-refractivity contribution < 1.29 is 9.32 Å². The fraction of sp³-hybridized carbons (Fsp3) is 0.481. The van der Waals surface area contributed by atoms with Crippen molar-refractivity contribution in [2.45, 2.75) is 70.4 Å². The Kier molecular flexibility index (Phi) is 7.06. The summed E-state index contributed by atoms with van der Waals surface area (Å²) in [6.45, 7) is 1.83. The molecule has 0 atom stereocenters. The minimum absolute atomic E-state index is 0.116. The van der Waals surface area contributed by atoms with Crippen LogP contribution in [0.1, 0.15) is 55.5 Å². The number of hydrogen-bond donors (Lipinski definition) is 3. The van der Waals surface area contributed by atoms with Gasteiger partial charge < -0.3 is 25.4 Å². The molecule has 0 aliphatic heterocycles. The summed E-state index contributed by atoms with van der Waals surface area (Å²) >= 11 is 0. The molecular weight excluding hydrogens is 454 g/mol. The molecular formula is C27H35N7O2. The zero-order valence-electron chi connectivity index (χ0n) is 21.3. The summed E-state index contributed by atoms with van der Waals surface area (Å²) in [5, 5.41) is 13.7. The highest BCUT2D eigenvalue weighted by atomic mass is 16.5. The van der Waals surface area contributed by atoms with Crippen LogP contribution in [0.25, 0.3) is 11.3 Å². The first-order valence-electron chi connectivity index (χ1n) is 12.9. The Labute approximate surface area is 212 Å². The molecule has 0 spiro atoms. The van der Waals surface area contributed by atoms with Crippen LogP contribution in [-0.2, 0) is 12.8 Å². The third kappa shape index (κ3) is 5.29. The molecule has 190 valence electrons. The van der Waals surface area contributed by atoms with Crippen LogP contribution in [0, 0.1) is 6.92 Å². The van der Waals surface area contributed by atoms with Crippen LogP contribution >= 0.6 is 0 Å². The summed E-state index contributed by atoms with van der Waals surface area (Å²) in [5.74, 6) is 2.33. The summed E-state index contributed by atoms with van der Waals surface area (Å²) in [7, 11) is 4.10. The summed E-state index contributed by atoms with van der Waals surface area (Å²) < 4.78 is 5.49. The fourth-order valence-electron chi connectivity index (χ4n) is 5.21. The standard InChI is InChI=1S/C27H35N7O2/c1-17-23(24(36-33-17)18-9-5-4-6-10-18)31-27(35)29-20-15-13-19(14-16-20)28-26-30-22-12-8-7-11-21(22)25(32-26)34(2)3/h4-6,9-10,19-20H,7-8,11-16H2,1-3H3,(H,28,30,32)(H2,29,31,35). The minimum atomic E-state index is -0.233. The first-order chi connectivity index (χ1) is 17.5. The maximum atomic E-state index is 12.8. The number of carbonyl (C=O) groups is 1. The fourth-order valence-corrected chi connectivity index (χ4v) is 5.21. The molecule has 2 heterocycles. The highest BCUT2D eigenvalue weighted by Crippen LogP contribution is 2.31. The number of rotatable bonds is 6. The van der Waals surface area contributed by atoms with Gasteiger partial charge in [-0.2, -0.15) is 4.98 Å². The Bertz CT molecular complexity index is 1200. The molecule has 0 saturated heterocycles. The SMILES string of the molecule is Cc1noc(-c2ccccc2)c1NC(=O)NC1CCC(Nc2nc3c(c(N(C)C)n2)CCCC3)CC1. The lowest BCUT2D eigenvalue weighted by atomic mass is 9.91. The van der Waals surface area contributed by atoms with Gasteiger partial charge in [-0.25, -0.2) is 9.78 Å². The molecule has 9 nitrogen and oxygen atoms in total. The van der Waals surface area contributed by atoms with E-state index in [0.717, 1.165) is 55.9 Å². The summed E-state index contributed by atoms with van der Waals surface area (Å²) in [4.78, 5) is 24.6. The van der Waals surface area contributed by atoms with Crippen LogP contribution < -0.4 is 20.9 Å². The number of carbonyl (C=O) groups excluding carboxylic acids is 1. The second kappa shape index (κ2) is 10.6. The number of hydrogen-bond acceptors (Lipinski definition) is 7. The lowest BCUT2D eigenvalue weighted by molar-refractivity contribution is 0.243. The number of nitrogens with zero attached hydrogens (tertiary/aromatic N) is 4. The number of urea groups is 1. The first kappa shape index (κ1) is 24.1. The first-order valence-corrected chi connectivity index (χ1v) is 12.9. The van der Waals surface area contributed by atoms with Crippen LogP contribution in [0.3, 0.4) is 0 Å². The molecule has 9 heteroatoms. The number of nitrogens with one attached hydrogen (secondary N) is 3. The second-order valence-corrected chi connectivity index (χ2v) is 10.0. The maximum Gasteiger partial charge on any atom is 0.319 e. The van der Waals surface area contributed by atoms with Crippen LogP contribution in [-0.4, -0.2) is 47.3 Å². The monoisotopic (exact) mass is 489 g/mol. The number of aromatic nitrogens is 3. The molecule has 2 aliphatic carbocycles. The van der Waals surface area contributed by atoms with Gasteiger partial charge in [-0.05, 0) is 58.3 Å². The average molecular weight is 490 g/mol. The molecule has 1 saturated carbocycles. The molecule has 5 rings (SSSR count). The van der Waals surface area contributed by atoms with Crippen molar-refractivity contribution >= 4 is 23.5 Å². The summed E-state index contributed by atoms with van der Waals surface area (Å²) in [5.41, 5.74) is 4.62. The van der Waals surface area contributed by atoms with Gasteiger partial charge in [0.15, 0.2) is 5.76 Å². The number of amides is 2. The molecule has 3 aromatic rings. The van der Waals surface area contributed by atoms with E-state index in [4.69, 9.17) is 14.5 Å². The van der Waals surface area contributed by atoms with Gasteiger partial charge in [-0.3, -0.25) is 0 Å². The van der Waals surface area contributed by atoms with E-state index in [-0.39, 0.29) is 12.1 Å². The van der Waals surface area contributed by atoms with Crippen LogP contribution in [0.5, 0.6) is 0 Å². The predicted molar refractivity (Wildman–Crippen MR) is 141 cm³/mol. The van der Waals surface area contributed by atoms with E-state index < -0.39 is 0 Å². The van der Waals surface area contributed by atoms with Gasteiger partial charge >= 0.3 is 6.03 Å². The topological polar surface area (TPSA) is 108 Å². The lowest BCUT2D eigenvalue weighted by Crippen LogP contribution is -2.42. The average Bonchev–Trinajstić information content (AvgIpc) is 3.24. The number of fused-ring (bicyclic) bond motifs is 1. The van der Waals surface area contributed by atoms with Gasteiger partial charge in [0.05, 0.1) is 5.69 Å². The van der Waals surface area contributed by atoms with Gasteiger partial charge in [-0.1, -0.05) is 35.5 Å². The zero-order chi connectivity index (χ0) is 25.1. The van der Waals surface area contributed by atoms with Crippen LogP contribution in [0.4, 0.5) is 22.2 Å². The molecule has 3 N–H and O–H groups in total. The lowest BCUT2D eigenvalue weighted by Gasteiger charge is -2.30. The Morgan fingerprint density at radius 2 is 1.72 bits per heavy atom. The van der Waals surface area contributed by atoms with Crippen molar-refractivity contribution in [1.82, 2.24) is 20.4 Å². The quantitative estimate of drug-likeness (QED) is 0.450. The van der Waals surface area contributed by atoms with E-state index in [1.807, 2.05) is 51.4 Å². The van der Waals surface area contributed by atoms with E-state index in [0.29, 0.717) is 23.2 Å². The van der Waals surface area contributed by atoms with Crippen molar-refractivity contribution in [3.8, 4) is 11.3 Å². The Hall–Kier alpha value is -3.62. The molecule has 0 bridgehead atoms. The Balaban J connectivity index is 1.16. The van der Waals surface area contributed by atoms with Crippen LogP contribution in [0.2, 0.25) is 0 Å². The zero-order valence-corrected chi connectivity index (χ0v) is 21.3. The smallest absolute Gasteiger partial charge is 0.319 e. The molecule has 36 heavy (non-hydrogen) atoms. The Morgan fingerprint density at radius 1 is 1.00 bits per heavy atom. The van der Waals surface area contributed by atoms with Crippen molar-refractivity contribution in [3.05, 3.63) is 47.3 Å². The summed E-state index contributed by atoms with van der Waals surface area (Å²) in [6.07, 6.45) is 8.17. The number of benzene rings is 1. The third-order valence-corrected chi connectivity index (χ3v) is 7.12. The molecule has 2 aromatic heterocycles. The van der Waals surface area contributed by atoms with E-state index >= 15 is 0 Å². The van der Waals surface area contributed by atoms with E-state index in [1.54, 1.807) is 0 Å². The second-order valence-electron chi connectivity index (χ2n) is 10.0. The highest BCUT2D eigenvalue weighted by molar-refractivity contribution is 5.94. The van der Waals surface area contributed by atoms with Crippen molar-refractivity contribution in [2.75, 3.05) is 29.6 Å². The Morgan fingerprint density at radius 3 is 2.47 bits per heavy atom. The molecule has 1 fully saturated rings. The minimum Gasteiger partial charge on any atom is -0.362 e. The van der Waals surface area contributed by atoms with Crippen molar-refractivity contribution in [2.24, 2.45) is 0 Å². The largest absolute Gasteiger partial charge is 0.362 e. The molecule has 1 aromatic carbocycles. The van der Waals surface area contributed by atoms with Crippen molar-refractivity contribution in [3.63, 3.8) is 0 Å². The number of aryl methyl sites for hydroxylation is 2. The number of anilines is 3. The predicted octanol–water partition coefficient (Wildman–Crippen LogP) is 4.93. The van der Waals surface area contributed by atoms with E-state index in [2.05, 4.69) is 26.0 Å². The van der Waals surface area contributed by atoms with Gasteiger partial charge in [-0.15, -0.1) is 0 Å². The van der Waals surface area contributed by atoms with Gasteiger partial charge in [0.25, 0.3) is 0 Å². The maximum absolute atomic E-state index is 12.8. The third-order valence-electron chi connectivity index (χ3n) is 7.12. The van der Waals surface area contributed by atoms with Gasteiger partial charge in [0.2, 0.25) is 5.95 Å². The molecule has 2 amide bonds. The van der Waals surface area contributed by atoms with Crippen LogP contribution in [0.15, 0.2) is 34.9 Å². The highest BCUT2D eigenvalue weighted by Gasteiger charge is 2.26. The molecule has 2 aliphatic rings. The molecule has 0 radical (unpaired) electrons. The normalized spacial score (nSPS) is 19.3. The summed E-state index contributed by atoms with van der Waals surface area (Å²) in [6, 6.07) is 9.86.